The van der Waals surface area contributed by atoms with Gasteiger partial charge in [-0.15, -0.1) is 0 Å². The maximum Gasteiger partial charge on any atom is 0.306 e. The molecule has 2 fully saturated rings. The van der Waals surface area contributed by atoms with Crippen LogP contribution in [0.2, 0.25) is 0 Å². The molecule has 0 amide bonds. The van der Waals surface area contributed by atoms with Gasteiger partial charge in [0.25, 0.3) is 0 Å². The zero-order valence-electron chi connectivity index (χ0n) is 11.0. The van der Waals surface area contributed by atoms with Crippen LogP contribution in [-0.2, 0) is 14.4 Å². The molecule has 0 heterocycles. The molecule has 0 radical (unpaired) electrons. The fourth-order valence-corrected chi connectivity index (χ4v) is 3.65. The van der Waals surface area contributed by atoms with Gasteiger partial charge in [-0.1, -0.05) is 30.3 Å². The predicted octanol–water partition coefficient (Wildman–Crippen LogP) is 2.18. The molecular formula is C16H16O4. The number of carbonyl (C=O) groups is 3. The molecule has 4 nitrogen and oxygen atoms in total. The first-order valence-corrected chi connectivity index (χ1v) is 6.84. The summed E-state index contributed by atoms with van der Waals surface area (Å²) in [7, 11) is 0. The van der Waals surface area contributed by atoms with Gasteiger partial charge < -0.3 is 5.11 Å². The number of carboxylic acid groups (broad SMARTS) is 1. The molecule has 1 N–H and O–H groups in total. The summed E-state index contributed by atoms with van der Waals surface area (Å²) in [6.07, 6.45) is 1.59. The van der Waals surface area contributed by atoms with Gasteiger partial charge in [0.15, 0.2) is 0 Å². The molecule has 0 bridgehead atoms. The summed E-state index contributed by atoms with van der Waals surface area (Å²) in [5.41, 5.74) is 0.383. The number of ketones is 2. The third-order valence-electron chi connectivity index (χ3n) is 4.58. The number of hydrogen-bond acceptors (Lipinski definition) is 3. The van der Waals surface area contributed by atoms with Crippen molar-refractivity contribution in [3.8, 4) is 0 Å². The average molecular weight is 272 g/mol. The van der Waals surface area contributed by atoms with Crippen molar-refractivity contribution in [3.63, 3.8) is 0 Å². The van der Waals surface area contributed by atoms with Gasteiger partial charge in [0.1, 0.15) is 17.5 Å². The van der Waals surface area contributed by atoms with E-state index in [1.165, 1.54) is 0 Å². The monoisotopic (exact) mass is 272 g/mol. The van der Waals surface area contributed by atoms with Crippen LogP contribution >= 0.6 is 0 Å². The Morgan fingerprint density at radius 2 is 1.60 bits per heavy atom. The quantitative estimate of drug-likeness (QED) is 0.838. The summed E-state index contributed by atoms with van der Waals surface area (Å²) < 4.78 is 0. The Hall–Kier alpha value is -1.97. The molecule has 0 unspecified atom stereocenters. The highest BCUT2D eigenvalue weighted by Gasteiger charge is 2.54. The molecule has 2 aliphatic rings. The number of carbonyl (C=O) groups excluding carboxylic acids is 2. The first-order valence-electron chi connectivity index (χ1n) is 6.84. The zero-order valence-corrected chi connectivity index (χ0v) is 11.0. The molecule has 1 aromatic rings. The van der Waals surface area contributed by atoms with E-state index in [4.69, 9.17) is 5.11 Å². The minimum absolute atomic E-state index is 0.0590. The number of aliphatic carboxylic acids is 1. The van der Waals surface area contributed by atoms with Crippen molar-refractivity contribution in [3.05, 3.63) is 35.9 Å². The molecule has 0 aliphatic heterocycles. The number of benzene rings is 1. The fraction of sp³-hybridized carbons (Fsp3) is 0.438. The third-order valence-corrected chi connectivity index (χ3v) is 4.58. The van der Waals surface area contributed by atoms with E-state index in [9.17, 15) is 14.4 Å². The molecule has 1 aromatic carbocycles. The summed E-state index contributed by atoms with van der Waals surface area (Å²) in [5, 5.41) is 8.94. The van der Waals surface area contributed by atoms with Gasteiger partial charge in [-0.2, -0.15) is 0 Å². The number of rotatable bonds is 2. The molecule has 0 saturated heterocycles. The molecule has 4 heteroatoms. The van der Waals surface area contributed by atoms with Crippen molar-refractivity contribution in [1.29, 1.82) is 0 Å². The Morgan fingerprint density at radius 3 is 2.10 bits per heavy atom. The maximum atomic E-state index is 12.3. The first kappa shape index (κ1) is 13.0. The smallest absolute Gasteiger partial charge is 0.306 e. The average Bonchev–Trinajstić information content (AvgIpc) is 2.36. The topological polar surface area (TPSA) is 71.4 Å². The van der Waals surface area contributed by atoms with Crippen LogP contribution in [0.3, 0.4) is 0 Å². The predicted molar refractivity (Wildman–Crippen MR) is 71.2 cm³/mol. The summed E-state index contributed by atoms with van der Waals surface area (Å²) in [6, 6.07) is 9.11. The highest BCUT2D eigenvalue weighted by molar-refractivity contribution is 6.10. The SMILES string of the molecule is O=C(O)C1CC2(CC(=O)C(c3ccccc3)C(=O)C2)C1. The largest absolute Gasteiger partial charge is 0.481 e. The van der Waals surface area contributed by atoms with Gasteiger partial charge in [0.05, 0.1) is 5.92 Å². The van der Waals surface area contributed by atoms with Crippen molar-refractivity contribution < 1.29 is 19.5 Å². The highest BCUT2D eigenvalue weighted by atomic mass is 16.4. The molecule has 2 aliphatic carbocycles. The van der Waals surface area contributed by atoms with Gasteiger partial charge in [-0.25, -0.2) is 0 Å². The Bertz CT molecular complexity index is 549. The normalized spacial score (nSPS) is 33.0. The lowest BCUT2D eigenvalue weighted by molar-refractivity contribution is -0.157. The molecular weight excluding hydrogens is 256 g/mol. The molecule has 104 valence electrons. The minimum atomic E-state index is -0.819. The van der Waals surface area contributed by atoms with E-state index < -0.39 is 11.9 Å². The minimum Gasteiger partial charge on any atom is -0.481 e. The van der Waals surface area contributed by atoms with Gasteiger partial charge in [-0.3, -0.25) is 14.4 Å². The van der Waals surface area contributed by atoms with Crippen molar-refractivity contribution in [2.24, 2.45) is 11.3 Å². The molecule has 20 heavy (non-hydrogen) atoms. The lowest BCUT2D eigenvalue weighted by Gasteiger charge is -2.48. The van der Waals surface area contributed by atoms with Gasteiger partial charge in [0, 0.05) is 12.8 Å². The number of Topliss-reactive ketones (excluding diaryl/α,β-unsaturated/α-hetero) is 2. The van der Waals surface area contributed by atoms with Crippen molar-refractivity contribution in [2.45, 2.75) is 31.6 Å². The van der Waals surface area contributed by atoms with Crippen LogP contribution in [0.25, 0.3) is 0 Å². The third kappa shape index (κ3) is 2.05. The molecule has 0 aromatic heterocycles. The standard InChI is InChI=1S/C16H16O4/c17-12-8-16(6-11(7-16)15(19)20)9-13(18)14(12)10-4-2-1-3-5-10/h1-5,11,14H,6-9H2,(H,19,20). The molecule has 2 saturated carbocycles. The Labute approximate surface area is 116 Å². The van der Waals surface area contributed by atoms with Crippen LogP contribution < -0.4 is 0 Å². The summed E-state index contributed by atoms with van der Waals surface area (Å²) in [5.74, 6) is -1.97. The Morgan fingerprint density at radius 1 is 1.05 bits per heavy atom. The van der Waals surface area contributed by atoms with Crippen LogP contribution in [0.5, 0.6) is 0 Å². The van der Waals surface area contributed by atoms with Crippen molar-refractivity contribution in [1.82, 2.24) is 0 Å². The van der Waals surface area contributed by atoms with E-state index in [1.54, 1.807) is 12.1 Å². The maximum absolute atomic E-state index is 12.3. The van der Waals surface area contributed by atoms with Crippen molar-refractivity contribution >= 4 is 17.5 Å². The highest BCUT2D eigenvalue weighted by Crippen LogP contribution is 2.54. The van der Waals surface area contributed by atoms with E-state index in [2.05, 4.69) is 0 Å². The van der Waals surface area contributed by atoms with Gasteiger partial charge >= 0.3 is 5.97 Å². The summed E-state index contributed by atoms with van der Waals surface area (Å²) >= 11 is 0. The molecule has 0 atom stereocenters. The van der Waals surface area contributed by atoms with Crippen LogP contribution in [0.4, 0.5) is 0 Å². The zero-order chi connectivity index (χ0) is 14.3. The molecule has 1 spiro atoms. The van der Waals surface area contributed by atoms with E-state index in [-0.39, 0.29) is 22.9 Å². The lowest BCUT2D eigenvalue weighted by atomic mass is 9.53. The fourth-order valence-electron chi connectivity index (χ4n) is 3.65. The number of carboxylic acids is 1. The van der Waals surface area contributed by atoms with E-state index in [1.807, 2.05) is 18.2 Å². The van der Waals surface area contributed by atoms with Crippen LogP contribution in [-0.4, -0.2) is 22.6 Å². The summed E-state index contributed by atoms with van der Waals surface area (Å²) in [4.78, 5) is 35.5. The lowest BCUT2D eigenvalue weighted by Crippen LogP contribution is -2.49. The van der Waals surface area contributed by atoms with E-state index in [0.717, 1.165) is 5.56 Å². The van der Waals surface area contributed by atoms with E-state index in [0.29, 0.717) is 25.7 Å². The number of hydrogen-bond donors (Lipinski definition) is 1. The van der Waals surface area contributed by atoms with Crippen molar-refractivity contribution in [2.75, 3.05) is 0 Å². The second-order valence-corrected chi connectivity index (χ2v) is 6.07. The second-order valence-electron chi connectivity index (χ2n) is 6.07. The second kappa shape index (κ2) is 4.54. The van der Waals surface area contributed by atoms with Crippen LogP contribution in [0.1, 0.15) is 37.2 Å². The Balaban J connectivity index is 1.77. The Kier molecular flexibility index (Phi) is 2.96. The van der Waals surface area contributed by atoms with Crippen LogP contribution in [0.15, 0.2) is 30.3 Å². The van der Waals surface area contributed by atoms with Gasteiger partial charge in [-0.05, 0) is 23.8 Å². The van der Waals surface area contributed by atoms with E-state index >= 15 is 0 Å². The molecule has 3 rings (SSSR count). The van der Waals surface area contributed by atoms with Crippen LogP contribution in [0, 0.1) is 11.3 Å². The summed E-state index contributed by atoms with van der Waals surface area (Å²) in [6.45, 7) is 0. The van der Waals surface area contributed by atoms with Gasteiger partial charge in [0.2, 0.25) is 0 Å². The first-order chi connectivity index (χ1) is 9.51.